The van der Waals surface area contributed by atoms with Crippen molar-refractivity contribution in [2.24, 2.45) is 0 Å². The van der Waals surface area contributed by atoms with Gasteiger partial charge in [-0.15, -0.1) is 0 Å². The first kappa shape index (κ1) is 15.6. The second-order valence-corrected chi connectivity index (χ2v) is 5.19. The molecule has 4 nitrogen and oxygen atoms in total. The van der Waals surface area contributed by atoms with Crippen molar-refractivity contribution in [2.75, 3.05) is 26.4 Å². The van der Waals surface area contributed by atoms with Crippen LogP contribution < -0.4 is 10.1 Å². The molecule has 0 saturated heterocycles. The summed E-state index contributed by atoms with van der Waals surface area (Å²) in [5, 5.41) is 5.58. The predicted octanol–water partition coefficient (Wildman–Crippen LogP) is 3.62. The molecule has 120 valence electrons. The summed E-state index contributed by atoms with van der Waals surface area (Å²) >= 11 is 0. The summed E-state index contributed by atoms with van der Waals surface area (Å²) in [5.41, 5.74) is 0. The van der Waals surface area contributed by atoms with E-state index in [1.807, 2.05) is 36.4 Å². The molecule has 0 aliphatic carbocycles. The van der Waals surface area contributed by atoms with E-state index in [9.17, 15) is 0 Å². The molecule has 3 rings (SSSR count). The number of hydrogen-bond acceptors (Lipinski definition) is 4. The maximum Gasteiger partial charge on any atom is 0.127 e. The van der Waals surface area contributed by atoms with Gasteiger partial charge in [0.1, 0.15) is 18.1 Å². The van der Waals surface area contributed by atoms with Crippen LogP contribution >= 0.6 is 0 Å². The molecule has 4 heteroatoms. The molecule has 0 fully saturated rings. The van der Waals surface area contributed by atoms with Crippen molar-refractivity contribution in [2.45, 2.75) is 6.54 Å². The zero-order valence-electron chi connectivity index (χ0n) is 13.0. The second kappa shape index (κ2) is 8.36. The Kier molecular flexibility index (Phi) is 5.67. The highest BCUT2D eigenvalue weighted by molar-refractivity contribution is 5.88. The number of fused-ring (bicyclic) bond motifs is 1. The van der Waals surface area contributed by atoms with Crippen LogP contribution in [0.2, 0.25) is 0 Å². The molecule has 0 saturated carbocycles. The molecule has 23 heavy (non-hydrogen) atoms. The lowest BCUT2D eigenvalue weighted by Crippen LogP contribution is -2.20. The van der Waals surface area contributed by atoms with Gasteiger partial charge in [0.25, 0.3) is 0 Å². The summed E-state index contributed by atoms with van der Waals surface area (Å²) in [7, 11) is 0. The molecule has 0 radical (unpaired) electrons. The van der Waals surface area contributed by atoms with Crippen LogP contribution in [0.15, 0.2) is 65.3 Å². The molecule has 0 unspecified atom stereocenters. The van der Waals surface area contributed by atoms with E-state index in [0.29, 0.717) is 19.8 Å². The maximum atomic E-state index is 5.82. The minimum Gasteiger partial charge on any atom is -0.491 e. The summed E-state index contributed by atoms with van der Waals surface area (Å²) in [6, 6.07) is 18.1. The van der Waals surface area contributed by atoms with E-state index in [1.165, 1.54) is 5.39 Å². The van der Waals surface area contributed by atoms with Gasteiger partial charge in [-0.2, -0.15) is 0 Å². The predicted molar refractivity (Wildman–Crippen MR) is 90.7 cm³/mol. The highest BCUT2D eigenvalue weighted by Gasteiger charge is 2.00. The normalized spacial score (nSPS) is 11.0. The molecule has 3 aromatic rings. The van der Waals surface area contributed by atoms with E-state index < -0.39 is 0 Å². The first-order chi connectivity index (χ1) is 11.4. The SMILES string of the molecule is c1coc(CNCCOCCOc2cccc3ccccc23)c1. The van der Waals surface area contributed by atoms with Crippen LogP contribution in [0.25, 0.3) is 10.8 Å². The van der Waals surface area contributed by atoms with Crippen molar-refractivity contribution in [1.82, 2.24) is 5.32 Å². The van der Waals surface area contributed by atoms with E-state index in [0.717, 1.165) is 30.0 Å². The molecule has 0 amide bonds. The Morgan fingerprint density at radius 2 is 1.78 bits per heavy atom. The minimum absolute atomic E-state index is 0.548. The van der Waals surface area contributed by atoms with Gasteiger partial charge in [-0.05, 0) is 23.6 Å². The van der Waals surface area contributed by atoms with Gasteiger partial charge < -0.3 is 19.2 Å². The number of hydrogen-bond donors (Lipinski definition) is 1. The number of furan rings is 1. The standard InChI is InChI=1S/C19H21NO3/c1-2-8-18-16(5-1)6-3-9-19(18)23-14-13-21-12-10-20-15-17-7-4-11-22-17/h1-9,11,20H,10,12-15H2. The zero-order valence-corrected chi connectivity index (χ0v) is 13.0. The molecular weight excluding hydrogens is 290 g/mol. The second-order valence-electron chi connectivity index (χ2n) is 5.19. The molecular formula is C19H21NO3. The Morgan fingerprint density at radius 1 is 0.870 bits per heavy atom. The average molecular weight is 311 g/mol. The lowest BCUT2D eigenvalue weighted by atomic mass is 10.1. The summed E-state index contributed by atoms with van der Waals surface area (Å²) < 4.78 is 16.6. The Hall–Kier alpha value is -2.30. The topological polar surface area (TPSA) is 43.6 Å². The van der Waals surface area contributed by atoms with Crippen LogP contribution in [0.5, 0.6) is 5.75 Å². The van der Waals surface area contributed by atoms with Gasteiger partial charge in [-0.25, -0.2) is 0 Å². The summed E-state index contributed by atoms with van der Waals surface area (Å²) in [4.78, 5) is 0. The van der Waals surface area contributed by atoms with Crippen molar-refractivity contribution in [1.29, 1.82) is 0 Å². The van der Waals surface area contributed by atoms with Crippen molar-refractivity contribution in [3.63, 3.8) is 0 Å². The number of rotatable bonds is 9. The van der Waals surface area contributed by atoms with Crippen LogP contribution in [0, 0.1) is 0 Å². The smallest absolute Gasteiger partial charge is 0.127 e. The summed E-state index contributed by atoms with van der Waals surface area (Å²) in [6.45, 7) is 3.29. The summed E-state index contributed by atoms with van der Waals surface area (Å²) in [6.07, 6.45) is 1.68. The average Bonchev–Trinajstić information content (AvgIpc) is 3.11. The molecule has 0 atom stereocenters. The van der Waals surface area contributed by atoms with E-state index in [1.54, 1.807) is 6.26 Å². The van der Waals surface area contributed by atoms with E-state index in [2.05, 4.69) is 23.5 Å². The maximum absolute atomic E-state index is 5.82. The monoisotopic (exact) mass is 311 g/mol. The minimum atomic E-state index is 0.548. The Morgan fingerprint density at radius 3 is 2.70 bits per heavy atom. The first-order valence-electron chi connectivity index (χ1n) is 7.85. The number of ether oxygens (including phenoxy) is 2. The fourth-order valence-corrected chi connectivity index (χ4v) is 2.40. The van der Waals surface area contributed by atoms with Gasteiger partial charge in [-0.1, -0.05) is 36.4 Å². The van der Waals surface area contributed by atoms with Gasteiger partial charge in [-0.3, -0.25) is 0 Å². The van der Waals surface area contributed by atoms with Gasteiger partial charge in [0, 0.05) is 11.9 Å². The van der Waals surface area contributed by atoms with Crippen molar-refractivity contribution in [3.8, 4) is 5.75 Å². The number of nitrogens with one attached hydrogen (secondary N) is 1. The Bertz CT molecular complexity index is 704. The van der Waals surface area contributed by atoms with E-state index in [4.69, 9.17) is 13.9 Å². The fraction of sp³-hybridized carbons (Fsp3) is 0.263. The lowest BCUT2D eigenvalue weighted by molar-refractivity contribution is 0.102. The first-order valence-corrected chi connectivity index (χ1v) is 7.85. The lowest BCUT2D eigenvalue weighted by Gasteiger charge is -2.10. The van der Waals surface area contributed by atoms with Crippen LogP contribution in [0.1, 0.15) is 5.76 Å². The van der Waals surface area contributed by atoms with E-state index >= 15 is 0 Å². The van der Waals surface area contributed by atoms with E-state index in [-0.39, 0.29) is 0 Å². The quantitative estimate of drug-likeness (QED) is 0.613. The van der Waals surface area contributed by atoms with Gasteiger partial charge in [0.15, 0.2) is 0 Å². The third-order valence-corrected chi connectivity index (χ3v) is 3.54. The molecule has 0 bridgehead atoms. The molecule has 0 spiro atoms. The third-order valence-electron chi connectivity index (χ3n) is 3.54. The highest BCUT2D eigenvalue weighted by atomic mass is 16.5. The summed E-state index contributed by atoms with van der Waals surface area (Å²) in [5.74, 6) is 1.84. The van der Waals surface area contributed by atoms with Crippen molar-refractivity contribution in [3.05, 3.63) is 66.6 Å². The van der Waals surface area contributed by atoms with Gasteiger partial charge >= 0.3 is 0 Å². The number of benzene rings is 2. The molecule has 2 aromatic carbocycles. The van der Waals surface area contributed by atoms with Crippen LogP contribution in [-0.2, 0) is 11.3 Å². The van der Waals surface area contributed by atoms with Crippen LogP contribution in [-0.4, -0.2) is 26.4 Å². The molecule has 0 aliphatic heterocycles. The molecule has 1 heterocycles. The largest absolute Gasteiger partial charge is 0.491 e. The Labute approximate surface area is 136 Å². The molecule has 1 aromatic heterocycles. The Balaban J connectivity index is 1.32. The van der Waals surface area contributed by atoms with Gasteiger partial charge in [0.05, 0.1) is 26.0 Å². The van der Waals surface area contributed by atoms with Crippen LogP contribution in [0.4, 0.5) is 0 Å². The van der Waals surface area contributed by atoms with Crippen molar-refractivity contribution < 1.29 is 13.9 Å². The van der Waals surface area contributed by atoms with Gasteiger partial charge in [0.2, 0.25) is 0 Å². The fourth-order valence-electron chi connectivity index (χ4n) is 2.40. The van der Waals surface area contributed by atoms with Crippen LogP contribution in [0.3, 0.4) is 0 Å². The molecule has 1 N–H and O–H groups in total. The molecule has 0 aliphatic rings. The zero-order chi connectivity index (χ0) is 15.7. The third kappa shape index (κ3) is 4.58. The van der Waals surface area contributed by atoms with Crippen molar-refractivity contribution >= 4 is 10.8 Å². The highest BCUT2D eigenvalue weighted by Crippen LogP contribution is 2.24.